The fourth-order valence-electron chi connectivity index (χ4n) is 3.27. The molecule has 0 saturated carbocycles. The minimum Gasteiger partial charge on any atom is -0.451 e. The Labute approximate surface area is 153 Å². The van der Waals surface area contributed by atoms with E-state index in [1.807, 2.05) is 0 Å². The number of hydrogen-bond donors (Lipinski definition) is 1. The normalized spacial score (nSPS) is 19.7. The Morgan fingerprint density at radius 2 is 1.85 bits per heavy atom. The van der Waals surface area contributed by atoms with Crippen molar-refractivity contribution in [2.24, 2.45) is 5.92 Å². The van der Waals surface area contributed by atoms with Gasteiger partial charge in [-0.1, -0.05) is 6.92 Å². The summed E-state index contributed by atoms with van der Waals surface area (Å²) < 4.78 is 31.4. The van der Waals surface area contributed by atoms with Gasteiger partial charge >= 0.3 is 5.97 Å². The number of rotatable bonds is 5. The molecule has 3 rings (SSSR count). The summed E-state index contributed by atoms with van der Waals surface area (Å²) in [5.74, 6) is -0.343. The quantitative estimate of drug-likeness (QED) is 0.771. The van der Waals surface area contributed by atoms with Gasteiger partial charge in [0.05, 0.1) is 0 Å². The summed E-state index contributed by atoms with van der Waals surface area (Å²) in [5.41, 5.74) is 0.0304. The van der Waals surface area contributed by atoms with Crippen molar-refractivity contribution in [2.45, 2.75) is 37.5 Å². The van der Waals surface area contributed by atoms with Gasteiger partial charge in [0.1, 0.15) is 10.6 Å². The van der Waals surface area contributed by atoms with Crippen LogP contribution in [-0.4, -0.2) is 67.3 Å². The second kappa shape index (κ2) is 7.79. The maximum absolute atomic E-state index is 12.5. The van der Waals surface area contributed by atoms with Crippen LogP contribution in [-0.2, 0) is 19.6 Å². The molecular formula is C17H25N3O5S. The largest absolute Gasteiger partial charge is 0.451 e. The predicted molar refractivity (Wildman–Crippen MR) is 94.0 cm³/mol. The number of sulfonamides is 1. The van der Waals surface area contributed by atoms with Gasteiger partial charge in [0, 0.05) is 32.4 Å². The Morgan fingerprint density at radius 1 is 1.19 bits per heavy atom. The van der Waals surface area contributed by atoms with Gasteiger partial charge < -0.3 is 14.6 Å². The molecule has 1 aromatic heterocycles. The predicted octanol–water partition coefficient (Wildman–Crippen LogP) is 1.21. The lowest BCUT2D eigenvalue weighted by molar-refractivity contribution is -0.135. The number of nitrogens with one attached hydrogen (secondary N) is 1. The van der Waals surface area contributed by atoms with Gasteiger partial charge in [-0.2, -0.15) is 4.31 Å². The molecule has 0 aliphatic carbocycles. The second-order valence-electron chi connectivity index (χ2n) is 7.00. The number of carbonyl (C=O) groups excluding carboxylic acids is 2. The van der Waals surface area contributed by atoms with Crippen molar-refractivity contribution < 1.29 is 22.7 Å². The van der Waals surface area contributed by atoms with Crippen LogP contribution in [0.1, 0.15) is 43.1 Å². The first-order chi connectivity index (χ1) is 12.4. The van der Waals surface area contributed by atoms with Crippen molar-refractivity contribution in [2.75, 3.05) is 32.8 Å². The van der Waals surface area contributed by atoms with Gasteiger partial charge in [-0.15, -0.1) is 0 Å². The molecule has 26 heavy (non-hydrogen) atoms. The van der Waals surface area contributed by atoms with Crippen molar-refractivity contribution in [1.29, 1.82) is 0 Å². The highest BCUT2D eigenvalue weighted by molar-refractivity contribution is 7.89. The lowest BCUT2D eigenvalue weighted by atomic mass is 9.99. The minimum absolute atomic E-state index is 0.0304. The van der Waals surface area contributed by atoms with Crippen molar-refractivity contribution in [3.63, 3.8) is 0 Å². The van der Waals surface area contributed by atoms with Gasteiger partial charge in [0.2, 0.25) is 10.0 Å². The molecule has 0 aromatic carbocycles. The number of carbonyl (C=O) groups is 2. The number of likely N-dealkylation sites (tertiary alicyclic amines) is 1. The van der Waals surface area contributed by atoms with Crippen LogP contribution in [0.15, 0.2) is 17.2 Å². The molecule has 0 bridgehead atoms. The molecule has 8 nitrogen and oxygen atoms in total. The first kappa shape index (κ1) is 18.9. The Bertz CT molecular complexity index is 759. The number of aromatic amines is 1. The summed E-state index contributed by atoms with van der Waals surface area (Å²) >= 11 is 0. The van der Waals surface area contributed by atoms with Crippen LogP contribution >= 0.6 is 0 Å². The molecule has 2 aliphatic heterocycles. The highest BCUT2D eigenvalue weighted by Gasteiger charge is 2.29. The maximum Gasteiger partial charge on any atom is 0.355 e. The first-order valence-corrected chi connectivity index (χ1v) is 10.5. The number of H-pyrrole nitrogens is 1. The minimum atomic E-state index is -3.59. The van der Waals surface area contributed by atoms with Gasteiger partial charge in [-0.25, -0.2) is 13.2 Å². The highest BCUT2D eigenvalue weighted by Crippen LogP contribution is 2.21. The number of ether oxygens (including phenoxy) is 1. The van der Waals surface area contributed by atoms with Gasteiger partial charge in [0.25, 0.3) is 5.91 Å². The third-order valence-electron chi connectivity index (χ3n) is 5.04. The van der Waals surface area contributed by atoms with Crippen molar-refractivity contribution >= 4 is 21.9 Å². The number of piperidine rings is 1. The number of hydrogen-bond acceptors (Lipinski definition) is 5. The van der Waals surface area contributed by atoms with Crippen LogP contribution in [0.25, 0.3) is 0 Å². The number of nitrogens with zero attached hydrogens (tertiary/aromatic N) is 2. The number of amides is 1. The Hall–Kier alpha value is -1.87. The summed E-state index contributed by atoms with van der Waals surface area (Å²) in [5, 5.41) is 0. The van der Waals surface area contributed by atoms with E-state index in [9.17, 15) is 18.0 Å². The van der Waals surface area contributed by atoms with E-state index >= 15 is 0 Å². The van der Waals surface area contributed by atoms with Crippen LogP contribution in [0.4, 0.5) is 0 Å². The zero-order valence-electron chi connectivity index (χ0n) is 14.9. The molecule has 2 fully saturated rings. The number of esters is 1. The van der Waals surface area contributed by atoms with Crippen LogP contribution in [0.2, 0.25) is 0 Å². The van der Waals surface area contributed by atoms with E-state index in [2.05, 4.69) is 11.9 Å². The molecule has 0 radical (unpaired) electrons. The zero-order valence-corrected chi connectivity index (χ0v) is 15.8. The fourth-order valence-corrected chi connectivity index (χ4v) is 4.78. The van der Waals surface area contributed by atoms with Crippen LogP contribution in [0.5, 0.6) is 0 Å². The van der Waals surface area contributed by atoms with Crippen LogP contribution in [0.3, 0.4) is 0 Å². The van der Waals surface area contributed by atoms with E-state index in [4.69, 9.17) is 4.74 Å². The standard InChI is InChI=1S/C17H25N3O5S/c1-13-4-8-19(9-5-13)16(21)12-25-17(22)15-10-14(11-18-15)26(23,24)20-6-2-3-7-20/h10-11,13,18H,2-9,12H2,1H3. The summed E-state index contributed by atoms with van der Waals surface area (Å²) in [6, 6.07) is 1.27. The Morgan fingerprint density at radius 3 is 2.50 bits per heavy atom. The lowest BCUT2D eigenvalue weighted by Gasteiger charge is -2.30. The van der Waals surface area contributed by atoms with Crippen molar-refractivity contribution in [3.05, 3.63) is 18.0 Å². The zero-order chi connectivity index (χ0) is 18.7. The van der Waals surface area contributed by atoms with E-state index in [0.717, 1.165) is 25.7 Å². The molecule has 2 saturated heterocycles. The third kappa shape index (κ3) is 4.09. The lowest BCUT2D eigenvalue weighted by Crippen LogP contribution is -2.40. The monoisotopic (exact) mass is 383 g/mol. The fraction of sp³-hybridized carbons (Fsp3) is 0.647. The van der Waals surface area contributed by atoms with Crippen LogP contribution < -0.4 is 0 Å². The molecule has 1 N–H and O–H groups in total. The smallest absolute Gasteiger partial charge is 0.355 e. The molecule has 0 atom stereocenters. The molecule has 0 unspecified atom stereocenters. The summed E-state index contributed by atoms with van der Waals surface area (Å²) in [7, 11) is -3.59. The highest BCUT2D eigenvalue weighted by atomic mass is 32.2. The molecule has 1 aromatic rings. The molecule has 3 heterocycles. The van der Waals surface area contributed by atoms with Crippen LogP contribution in [0, 0.1) is 5.92 Å². The maximum atomic E-state index is 12.5. The molecular weight excluding hydrogens is 358 g/mol. The van der Waals surface area contributed by atoms with Gasteiger partial charge in [0.15, 0.2) is 6.61 Å². The first-order valence-electron chi connectivity index (χ1n) is 9.01. The van der Waals surface area contributed by atoms with Gasteiger partial charge in [-0.3, -0.25) is 4.79 Å². The molecule has 9 heteroatoms. The topological polar surface area (TPSA) is 99.8 Å². The van der Waals surface area contributed by atoms with E-state index in [1.165, 1.54) is 16.6 Å². The number of aromatic nitrogens is 1. The second-order valence-corrected chi connectivity index (χ2v) is 8.94. The average molecular weight is 383 g/mol. The third-order valence-corrected chi connectivity index (χ3v) is 6.92. The van der Waals surface area contributed by atoms with Crippen molar-refractivity contribution in [3.8, 4) is 0 Å². The molecule has 0 spiro atoms. The summed E-state index contributed by atoms with van der Waals surface area (Å²) in [6.07, 6.45) is 4.88. The van der Waals surface area contributed by atoms with E-state index < -0.39 is 16.0 Å². The van der Waals surface area contributed by atoms with Gasteiger partial charge in [-0.05, 0) is 37.7 Å². The molecule has 144 valence electrons. The SMILES string of the molecule is CC1CCN(C(=O)COC(=O)c2cc(S(=O)(=O)N3CCCC3)c[nH]2)CC1. The summed E-state index contributed by atoms with van der Waals surface area (Å²) in [6.45, 7) is 4.17. The Kier molecular flexibility index (Phi) is 5.67. The van der Waals surface area contributed by atoms with E-state index in [1.54, 1.807) is 4.90 Å². The molecule has 2 aliphatic rings. The van der Waals surface area contributed by atoms with Crippen molar-refractivity contribution in [1.82, 2.24) is 14.2 Å². The average Bonchev–Trinajstić information content (AvgIpc) is 3.31. The summed E-state index contributed by atoms with van der Waals surface area (Å²) in [4.78, 5) is 28.6. The van der Waals surface area contributed by atoms with E-state index in [0.29, 0.717) is 32.1 Å². The Balaban J connectivity index is 1.55. The molecule has 1 amide bonds. The van der Waals surface area contributed by atoms with E-state index in [-0.39, 0.29) is 23.1 Å².